The largest absolute Gasteiger partial charge is 0.326 e. The summed E-state index contributed by atoms with van der Waals surface area (Å²) < 4.78 is 1.87. The van der Waals surface area contributed by atoms with Crippen molar-refractivity contribution in [1.82, 2.24) is 14.8 Å². The number of hydrogen-bond donors (Lipinski definition) is 2. The number of rotatable bonds is 4. The van der Waals surface area contributed by atoms with Crippen LogP contribution in [0.25, 0.3) is 0 Å². The van der Waals surface area contributed by atoms with E-state index in [1.54, 1.807) is 6.33 Å². The molecule has 25 heavy (non-hydrogen) atoms. The Bertz CT molecular complexity index is 716. The third kappa shape index (κ3) is 4.74. The number of benzene rings is 1. The van der Waals surface area contributed by atoms with Crippen molar-refractivity contribution in [1.29, 1.82) is 0 Å². The normalized spacial score (nSPS) is 22.9. The maximum atomic E-state index is 12.6. The fraction of sp³-hybridized carbons (Fsp3) is 0.471. The maximum absolute atomic E-state index is 12.6. The minimum Gasteiger partial charge on any atom is -0.326 e. The lowest BCUT2D eigenvalue weighted by molar-refractivity contribution is -0.122. The standard InChI is InChI=1S/C17H23N5OS.ClH/c1-17(18)10-4-3-5-14(17)15(23)20-12-6-8-13(9-7-12)24-16-21-19-11-22(16)2;/h6-9,11,14H,3-5,10,18H2,1-2H3,(H,20,23);1H. The molecule has 1 saturated carbocycles. The summed E-state index contributed by atoms with van der Waals surface area (Å²) in [6.07, 6.45) is 5.60. The van der Waals surface area contributed by atoms with Gasteiger partial charge in [0.2, 0.25) is 5.91 Å². The molecule has 0 aliphatic heterocycles. The molecule has 0 saturated heterocycles. The maximum Gasteiger partial charge on any atom is 0.229 e. The zero-order valence-corrected chi connectivity index (χ0v) is 16.1. The first-order chi connectivity index (χ1) is 11.5. The van der Waals surface area contributed by atoms with Gasteiger partial charge in [-0.15, -0.1) is 22.6 Å². The molecule has 2 atom stereocenters. The molecule has 1 fully saturated rings. The van der Waals surface area contributed by atoms with Crippen LogP contribution in [0.1, 0.15) is 32.6 Å². The average Bonchev–Trinajstić information content (AvgIpc) is 2.94. The van der Waals surface area contributed by atoms with Crippen molar-refractivity contribution in [2.24, 2.45) is 18.7 Å². The third-order valence-corrected chi connectivity index (χ3v) is 5.63. The molecule has 136 valence electrons. The van der Waals surface area contributed by atoms with Crippen molar-refractivity contribution >= 4 is 35.8 Å². The summed E-state index contributed by atoms with van der Waals surface area (Å²) in [6.45, 7) is 1.98. The Morgan fingerprint density at radius 3 is 2.68 bits per heavy atom. The van der Waals surface area contributed by atoms with E-state index >= 15 is 0 Å². The second-order valence-electron chi connectivity index (χ2n) is 6.64. The van der Waals surface area contributed by atoms with Gasteiger partial charge in [0.25, 0.3) is 0 Å². The van der Waals surface area contributed by atoms with E-state index in [1.165, 1.54) is 11.8 Å². The molecule has 0 spiro atoms. The quantitative estimate of drug-likeness (QED) is 0.849. The number of amides is 1. The van der Waals surface area contributed by atoms with E-state index in [9.17, 15) is 4.79 Å². The van der Waals surface area contributed by atoms with Gasteiger partial charge in [0.05, 0.1) is 5.92 Å². The van der Waals surface area contributed by atoms with E-state index in [4.69, 9.17) is 5.73 Å². The average molecular weight is 382 g/mol. The van der Waals surface area contributed by atoms with E-state index in [0.717, 1.165) is 41.4 Å². The van der Waals surface area contributed by atoms with Crippen LogP contribution in [0.5, 0.6) is 0 Å². The van der Waals surface area contributed by atoms with Crippen LogP contribution < -0.4 is 11.1 Å². The molecule has 1 aromatic carbocycles. The molecule has 0 radical (unpaired) electrons. The summed E-state index contributed by atoms with van der Waals surface area (Å²) in [5, 5.41) is 11.7. The molecule has 3 N–H and O–H groups in total. The highest BCUT2D eigenvalue weighted by molar-refractivity contribution is 7.99. The van der Waals surface area contributed by atoms with Gasteiger partial charge in [-0.05, 0) is 55.8 Å². The summed E-state index contributed by atoms with van der Waals surface area (Å²) in [7, 11) is 1.91. The molecule has 8 heteroatoms. The number of halogens is 1. The van der Waals surface area contributed by atoms with E-state index in [2.05, 4.69) is 15.5 Å². The second-order valence-corrected chi connectivity index (χ2v) is 7.68. The number of hydrogen-bond acceptors (Lipinski definition) is 5. The number of nitrogens with two attached hydrogens (primary N) is 1. The molecule has 1 aromatic heterocycles. The third-order valence-electron chi connectivity index (χ3n) is 4.57. The predicted molar refractivity (Wildman–Crippen MR) is 102 cm³/mol. The van der Waals surface area contributed by atoms with Crippen LogP contribution in [0.3, 0.4) is 0 Å². The zero-order valence-electron chi connectivity index (χ0n) is 14.4. The zero-order chi connectivity index (χ0) is 17.2. The summed E-state index contributed by atoms with van der Waals surface area (Å²) in [5.74, 6) is -0.104. The first-order valence-corrected chi connectivity index (χ1v) is 8.99. The van der Waals surface area contributed by atoms with Gasteiger partial charge in [-0.2, -0.15) is 0 Å². The highest BCUT2D eigenvalue weighted by atomic mass is 35.5. The van der Waals surface area contributed by atoms with Gasteiger partial charge >= 0.3 is 0 Å². The molecule has 1 amide bonds. The summed E-state index contributed by atoms with van der Waals surface area (Å²) in [4.78, 5) is 13.6. The van der Waals surface area contributed by atoms with Crippen molar-refractivity contribution < 1.29 is 4.79 Å². The van der Waals surface area contributed by atoms with Crippen molar-refractivity contribution in [3.05, 3.63) is 30.6 Å². The minimum atomic E-state index is -0.413. The Labute approximate surface area is 158 Å². The van der Waals surface area contributed by atoms with Crippen molar-refractivity contribution in [3.63, 3.8) is 0 Å². The monoisotopic (exact) mass is 381 g/mol. The SMILES string of the molecule is Cl.Cn1cnnc1Sc1ccc(NC(=O)C2CCCCC2(C)N)cc1. The number of anilines is 1. The molecule has 1 aliphatic carbocycles. The molecule has 0 bridgehead atoms. The first-order valence-electron chi connectivity index (χ1n) is 8.17. The van der Waals surface area contributed by atoms with E-state index < -0.39 is 5.54 Å². The molecule has 1 heterocycles. The summed E-state index contributed by atoms with van der Waals surface area (Å²) in [5.41, 5.74) is 6.69. The minimum absolute atomic E-state index is 0. The van der Waals surface area contributed by atoms with Gasteiger partial charge < -0.3 is 15.6 Å². The predicted octanol–water partition coefficient (Wildman–Crippen LogP) is 3.23. The van der Waals surface area contributed by atoms with Crippen LogP contribution in [0.2, 0.25) is 0 Å². The number of nitrogens with one attached hydrogen (secondary N) is 1. The topological polar surface area (TPSA) is 85.8 Å². The number of aromatic nitrogens is 3. The van der Waals surface area contributed by atoms with Crippen LogP contribution in [0.15, 0.2) is 40.6 Å². The molecule has 1 aliphatic rings. The van der Waals surface area contributed by atoms with Gasteiger partial charge in [-0.3, -0.25) is 4.79 Å². The Hall–Kier alpha value is -1.57. The van der Waals surface area contributed by atoms with E-state index in [0.29, 0.717) is 0 Å². The Morgan fingerprint density at radius 2 is 2.08 bits per heavy atom. The van der Waals surface area contributed by atoms with Gasteiger partial charge in [0.1, 0.15) is 6.33 Å². The van der Waals surface area contributed by atoms with Crippen LogP contribution >= 0.6 is 24.2 Å². The molecular formula is C17H24ClN5OS. The van der Waals surface area contributed by atoms with Crippen molar-refractivity contribution in [3.8, 4) is 0 Å². The van der Waals surface area contributed by atoms with Gasteiger partial charge in [-0.25, -0.2) is 0 Å². The summed E-state index contributed by atoms with van der Waals surface area (Å²) >= 11 is 1.53. The summed E-state index contributed by atoms with van der Waals surface area (Å²) in [6, 6.07) is 7.76. The fourth-order valence-corrected chi connectivity index (χ4v) is 3.86. The fourth-order valence-electron chi connectivity index (χ4n) is 3.10. The molecule has 2 unspecified atom stereocenters. The smallest absolute Gasteiger partial charge is 0.229 e. The van der Waals surface area contributed by atoms with Crippen molar-refractivity contribution in [2.75, 3.05) is 5.32 Å². The van der Waals surface area contributed by atoms with Gasteiger partial charge in [-0.1, -0.05) is 12.8 Å². The Morgan fingerprint density at radius 1 is 1.36 bits per heavy atom. The lowest BCUT2D eigenvalue weighted by Gasteiger charge is -2.37. The van der Waals surface area contributed by atoms with E-state index in [-0.39, 0.29) is 24.2 Å². The van der Waals surface area contributed by atoms with Crippen molar-refractivity contribution in [2.45, 2.75) is 48.2 Å². The van der Waals surface area contributed by atoms with Crippen LogP contribution in [0, 0.1) is 5.92 Å². The highest BCUT2D eigenvalue weighted by Crippen LogP contribution is 2.33. The van der Waals surface area contributed by atoms with Crippen LogP contribution in [0.4, 0.5) is 5.69 Å². The highest BCUT2D eigenvalue weighted by Gasteiger charge is 2.37. The molecule has 2 aromatic rings. The molecule has 6 nitrogen and oxygen atoms in total. The molecular weight excluding hydrogens is 358 g/mol. The van der Waals surface area contributed by atoms with E-state index in [1.807, 2.05) is 42.8 Å². The lowest BCUT2D eigenvalue weighted by Crippen LogP contribution is -2.51. The number of nitrogens with zero attached hydrogens (tertiary/aromatic N) is 3. The Kier molecular flexibility index (Phi) is 6.48. The number of aryl methyl sites for hydroxylation is 1. The van der Waals surface area contributed by atoms with Crippen LogP contribution in [-0.2, 0) is 11.8 Å². The van der Waals surface area contributed by atoms with Gasteiger partial charge in [0.15, 0.2) is 5.16 Å². The number of carbonyl (C=O) groups is 1. The number of carbonyl (C=O) groups excluding carboxylic acids is 1. The lowest BCUT2D eigenvalue weighted by atomic mass is 9.74. The second kappa shape index (κ2) is 8.21. The van der Waals surface area contributed by atoms with Crippen LogP contribution in [-0.4, -0.2) is 26.2 Å². The Balaban J connectivity index is 0.00000225. The molecule has 3 rings (SSSR count). The van der Waals surface area contributed by atoms with Gasteiger partial charge in [0, 0.05) is 23.2 Å². The first kappa shape index (κ1) is 19.8.